The molecule has 1 amide bonds. The maximum absolute atomic E-state index is 13.8. The van der Waals surface area contributed by atoms with Gasteiger partial charge < -0.3 is 24.2 Å². The molecule has 0 spiro atoms. The number of aliphatic hydroxyl groups is 1. The number of β-lactam (4-membered cyclic amide) rings is 1. The Morgan fingerprint density at radius 2 is 1.39 bits per heavy atom. The number of ether oxygens (including phenoxy) is 3. The summed E-state index contributed by atoms with van der Waals surface area (Å²) in [5, 5.41) is 10.9. The largest absolute Gasteiger partial charge is 0.462 e. The molecule has 1 N–H and O–H groups in total. The molecular weight excluding hydrogens is 670 g/mol. The molecule has 0 saturated carbocycles. The number of carbonyl (C=O) groups excluding carboxylic acids is 4. The Kier molecular flexibility index (Phi) is 12.6. The standard InChI is InChI=1S/C40H42FNO8Si/c1-27(43)48-25-40(47,26-49-28(2)44)23-21-30-7-11-33(12-8-30)38-36(19-20-37(50-29(3)45)32-13-15-34(41)16-14-32)39(46)42(38)35-17-9-31(10-18-35)22-24-51(4,5)6/h7-18,36-38,47H,19-20,25-26H2,1-6H3/t36-,37+,38-/m1/s1. The zero-order valence-electron chi connectivity index (χ0n) is 29.6. The van der Waals surface area contributed by atoms with Crippen molar-refractivity contribution in [3.8, 4) is 23.3 Å². The van der Waals surface area contributed by atoms with Crippen molar-refractivity contribution in [3.63, 3.8) is 0 Å². The van der Waals surface area contributed by atoms with Crippen LogP contribution in [0.5, 0.6) is 0 Å². The molecule has 3 aromatic carbocycles. The Labute approximate surface area is 299 Å². The van der Waals surface area contributed by atoms with Crippen LogP contribution in [0.3, 0.4) is 0 Å². The number of nitrogens with zero attached hydrogens (tertiary/aromatic N) is 1. The number of halogens is 1. The highest BCUT2D eigenvalue weighted by molar-refractivity contribution is 6.83. The van der Waals surface area contributed by atoms with Gasteiger partial charge in [0.1, 0.15) is 33.2 Å². The summed E-state index contributed by atoms with van der Waals surface area (Å²) in [5.41, 5.74) is 4.97. The van der Waals surface area contributed by atoms with Gasteiger partial charge in [-0.15, -0.1) is 5.54 Å². The normalized spacial score (nSPS) is 16.0. The van der Waals surface area contributed by atoms with Gasteiger partial charge in [0.05, 0.1) is 12.0 Å². The van der Waals surface area contributed by atoms with E-state index in [4.69, 9.17) is 14.2 Å². The molecule has 266 valence electrons. The van der Waals surface area contributed by atoms with E-state index in [0.29, 0.717) is 29.7 Å². The molecule has 11 heteroatoms. The van der Waals surface area contributed by atoms with Gasteiger partial charge in [0.15, 0.2) is 5.60 Å². The lowest BCUT2D eigenvalue weighted by Crippen LogP contribution is -2.55. The lowest BCUT2D eigenvalue weighted by molar-refractivity contribution is -0.154. The van der Waals surface area contributed by atoms with Gasteiger partial charge in [0, 0.05) is 37.6 Å². The van der Waals surface area contributed by atoms with E-state index in [-0.39, 0.29) is 11.9 Å². The van der Waals surface area contributed by atoms with E-state index < -0.39 is 62.6 Å². The average molecular weight is 712 g/mol. The topological polar surface area (TPSA) is 119 Å². The molecule has 4 rings (SSSR count). The van der Waals surface area contributed by atoms with Crippen LogP contribution in [0.25, 0.3) is 0 Å². The number of hydrogen-bond acceptors (Lipinski definition) is 8. The van der Waals surface area contributed by atoms with Crippen LogP contribution in [0.4, 0.5) is 10.1 Å². The van der Waals surface area contributed by atoms with E-state index in [1.807, 2.05) is 36.4 Å². The van der Waals surface area contributed by atoms with Gasteiger partial charge in [-0.1, -0.05) is 61.7 Å². The Morgan fingerprint density at radius 3 is 1.92 bits per heavy atom. The molecule has 0 bridgehead atoms. The molecule has 0 aliphatic carbocycles. The maximum atomic E-state index is 13.8. The fourth-order valence-electron chi connectivity index (χ4n) is 5.47. The molecule has 0 radical (unpaired) electrons. The maximum Gasteiger partial charge on any atom is 0.303 e. The van der Waals surface area contributed by atoms with E-state index >= 15 is 0 Å². The fraction of sp³-hybridized carbons (Fsp3) is 0.350. The van der Waals surface area contributed by atoms with Crippen molar-refractivity contribution < 1.29 is 42.9 Å². The third kappa shape index (κ3) is 11.1. The summed E-state index contributed by atoms with van der Waals surface area (Å²) in [6.07, 6.45) is 0.0603. The van der Waals surface area contributed by atoms with Crippen LogP contribution in [-0.2, 0) is 33.4 Å². The second kappa shape index (κ2) is 16.6. The Bertz CT molecular complexity index is 1840. The number of esters is 3. The summed E-state index contributed by atoms with van der Waals surface area (Å²) < 4.78 is 29.1. The SMILES string of the molecule is CC(=O)OCC(O)(C#Cc1ccc([C@@H]2[C@@H](CC[C@H](OC(C)=O)c3ccc(F)cc3)C(=O)N2c2ccc(C#C[Si](C)(C)C)cc2)cc1)COC(C)=O. The molecule has 51 heavy (non-hydrogen) atoms. The molecule has 0 aromatic heterocycles. The molecule has 0 unspecified atom stereocenters. The monoisotopic (exact) mass is 711 g/mol. The molecule has 9 nitrogen and oxygen atoms in total. The number of hydrogen-bond donors (Lipinski definition) is 1. The minimum atomic E-state index is -1.92. The first-order chi connectivity index (χ1) is 24.0. The minimum absolute atomic E-state index is 0.0912. The van der Waals surface area contributed by atoms with Crippen molar-refractivity contribution >= 4 is 37.6 Å². The van der Waals surface area contributed by atoms with Gasteiger partial charge in [-0.05, 0) is 72.5 Å². The average Bonchev–Trinajstić information content (AvgIpc) is 3.07. The van der Waals surface area contributed by atoms with Gasteiger partial charge in [0.25, 0.3) is 0 Å². The van der Waals surface area contributed by atoms with Gasteiger partial charge >= 0.3 is 17.9 Å². The number of amides is 1. The van der Waals surface area contributed by atoms with Crippen molar-refractivity contribution in [2.45, 2.75) is 71.0 Å². The zero-order chi connectivity index (χ0) is 37.3. The van der Waals surface area contributed by atoms with Crippen LogP contribution >= 0.6 is 0 Å². The molecule has 3 aromatic rings. The predicted molar refractivity (Wildman–Crippen MR) is 192 cm³/mol. The quantitative estimate of drug-likeness (QED) is 0.0840. The van der Waals surface area contributed by atoms with Crippen LogP contribution in [0, 0.1) is 35.0 Å². The highest BCUT2D eigenvalue weighted by atomic mass is 28.3. The van der Waals surface area contributed by atoms with E-state index in [2.05, 4.69) is 42.9 Å². The molecular formula is C40H42FNO8Si. The Hall–Kier alpha value is -5.23. The summed E-state index contributed by atoms with van der Waals surface area (Å²) in [5.74, 6) is 6.07. The third-order valence-electron chi connectivity index (χ3n) is 7.95. The molecule has 1 saturated heterocycles. The van der Waals surface area contributed by atoms with E-state index in [0.717, 1.165) is 11.1 Å². The molecule has 1 heterocycles. The van der Waals surface area contributed by atoms with Crippen molar-refractivity contribution in [1.82, 2.24) is 0 Å². The zero-order valence-corrected chi connectivity index (χ0v) is 30.6. The predicted octanol–water partition coefficient (Wildman–Crippen LogP) is 6.05. The minimum Gasteiger partial charge on any atom is -0.462 e. The second-order valence-electron chi connectivity index (χ2n) is 13.5. The summed E-state index contributed by atoms with van der Waals surface area (Å²) in [6.45, 7) is 9.22. The van der Waals surface area contributed by atoms with Crippen molar-refractivity contribution in [3.05, 3.63) is 101 Å². The Balaban J connectivity index is 1.63. The fourth-order valence-corrected chi connectivity index (χ4v) is 5.99. The van der Waals surface area contributed by atoms with Crippen LogP contribution in [0.2, 0.25) is 19.6 Å². The van der Waals surface area contributed by atoms with E-state index in [9.17, 15) is 28.7 Å². The number of benzene rings is 3. The molecule has 3 atom stereocenters. The van der Waals surface area contributed by atoms with Gasteiger partial charge in [-0.25, -0.2) is 4.39 Å². The van der Waals surface area contributed by atoms with Crippen LogP contribution < -0.4 is 4.90 Å². The molecule has 1 fully saturated rings. The Morgan fingerprint density at radius 1 is 0.843 bits per heavy atom. The van der Waals surface area contributed by atoms with Crippen LogP contribution in [0.15, 0.2) is 72.8 Å². The number of carbonyl (C=O) groups is 4. The smallest absolute Gasteiger partial charge is 0.303 e. The first-order valence-electron chi connectivity index (χ1n) is 16.5. The summed E-state index contributed by atoms with van der Waals surface area (Å²) in [6, 6.07) is 20.1. The first-order valence-corrected chi connectivity index (χ1v) is 20.0. The number of anilines is 1. The van der Waals surface area contributed by atoms with Gasteiger partial charge in [0.2, 0.25) is 5.91 Å². The summed E-state index contributed by atoms with van der Waals surface area (Å²) in [4.78, 5) is 50.2. The highest BCUT2D eigenvalue weighted by Gasteiger charge is 2.48. The summed E-state index contributed by atoms with van der Waals surface area (Å²) in [7, 11) is -1.58. The first kappa shape index (κ1) is 38.6. The van der Waals surface area contributed by atoms with Crippen LogP contribution in [-0.4, -0.2) is 55.8 Å². The lowest BCUT2D eigenvalue weighted by Gasteiger charge is -2.48. The second-order valence-corrected chi connectivity index (χ2v) is 18.2. The molecule has 1 aliphatic heterocycles. The van der Waals surface area contributed by atoms with E-state index in [1.165, 1.54) is 32.9 Å². The summed E-state index contributed by atoms with van der Waals surface area (Å²) >= 11 is 0. The van der Waals surface area contributed by atoms with Gasteiger partial charge in [-0.3, -0.25) is 19.2 Å². The van der Waals surface area contributed by atoms with Gasteiger partial charge in [-0.2, -0.15) is 0 Å². The van der Waals surface area contributed by atoms with E-state index in [1.54, 1.807) is 29.2 Å². The molecule has 1 aliphatic rings. The third-order valence-corrected chi connectivity index (χ3v) is 8.83. The highest BCUT2D eigenvalue weighted by Crippen LogP contribution is 2.46. The van der Waals surface area contributed by atoms with Crippen molar-refractivity contribution in [1.29, 1.82) is 0 Å². The van der Waals surface area contributed by atoms with Crippen molar-refractivity contribution in [2.24, 2.45) is 5.92 Å². The number of rotatable bonds is 11. The van der Waals surface area contributed by atoms with Crippen LogP contribution in [0.1, 0.15) is 68.0 Å². The lowest BCUT2D eigenvalue weighted by atomic mass is 9.78. The van der Waals surface area contributed by atoms with Crippen molar-refractivity contribution in [2.75, 3.05) is 18.1 Å².